The molecule has 1 amide bonds. The third-order valence-corrected chi connectivity index (χ3v) is 6.45. The second-order valence-corrected chi connectivity index (χ2v) is 8.64. The molecule has 0 aromatic heterocycles. The van der Waals surface area contributed by atoms with Gasteiger partial charge in [-0.05, 0) is 73.1 Å². The van der Waals surface area contributed by atoms with Gasteiger partial charge in [-0.1, -0.05) is 54.6 Å². The zero-order valence-electron chi connectivity index (χ0n) is 18.8. The second kappa shape index (κ2) is 10.5. The van der Waals surface area contributed by atoms with Gasteiger partial charge < -0.3 is 10.4 Å². The summed E-state index contributed by atoms with van der Waals surface area (Å²) in [6.45, 7) is 4.52. The zero-order chi connectivity index (χ0) is 22.3. The highest BCUT2D eigenvalue weighted by Crippen LogP contribution is 2.33. The van der Waals surface area contributed by atoms with Gasteiger partial charge in [0.25, 0.3) is 5.91 Å². The van der Waals surface area contributed by atoms with Crippen LogP contribution in [-0.2, 0) is 19.4 Å². The van der Waals surface area contributed by atoms with Crippen molar-refractivity contribution >= 4 is 5.91 Å². The van der Waals surface area contributed by atoms with Gasteiger partial charge in [-0.3, -0.25) is 9.69 Å². The van der Waals surface area contributed by atoms with Gasteiger partial charge in [0.1, 0.15) is 5.75 Å². The molecule has 1 heterocycles. The van der Waals surface area contributed by atoms with Crippen LogP contribution in [-0.4, -0.2) is 29.0 Å². The monoisotopic (exact) mass is 428 g/mol. The summed E-state index contributed by atoms with van der Waals surface area (Å²) < 4.78 is 0. The van der Waals surface area contributed by atoms with Crippen molar-refractivity contribution in [3.05, 3.63) is 101 Å². The molecule has 1 aliphatic rings. The summed E-state index contributed by atoms with van der Waals surface area (Å²) in [5, 5.41) is 13.0. The van der Waals surface area contributed by atoms with E-state index in [0.717, 1.165) is 43.4 Å². The summed E-state index contributed by atoms with van der Waals surface area (Å²) in [6.07, 6.45) is 4.02. The molecule has 3 aromatic carbocycles. The summed E-state index contributed by atoms with van der Waals surface area (Å²) in [4.78, 5) is 15.3. The highest BCUT2D eigenvalue weighted by Gasteiger charge is 2.25. The first kappa shape index (κ1) is 22.1. The molecule has 0 aliphatic carbocycles. The van der Waals surface area contributed by atoms with Crippen LogP contribution in [0.2, 0.25) is 0 Å². The number of hydrogen-bond acceptors (Lipinski definition) is 3. The van der Waals surface area contributed by atoms with Crippen molar-refractivity contribution in [1.82, 2.24) is 10.2 Å². The van der Waals surface area contributed by atoms with Crippen LogP contribution >= 0.6 is 0 Å². The molecule has 0 fully saturated rings. The topological polar surface area (TPSA) is 52.6 Å². The van der Waals surface area contributed by atoms with E-state index in [-0.39, 0.29) is 11.9 Å². The second-order valence-electron chi connectivity index (χ2n) is 8.64. The summed E-state index contributed by atoms with van der Waals surface area (Å²) in [5.74, 6) is 0.313. The van der Waals surface area contributed by atoms with Crippen LogP contribution in [0.5, 0.6) is 5.75 Å². The maximum Gasteiger partial charge on any atom is 0.251 e. The van der Waals surface area contributed by atoms with Gasteiger partial charge in [0.15, 0.2) is 0 Å². The number of amides is 1. The first-order valence-electron chi connectivity index (χ1n) is 11.6. The van der Waals surface area contributed by atoms with Crippen molar-refractivity contribution < 1.29 is 9.90 Å². The number of phenols is 1. The van der Waals surface area contributed by atoms with Crippen molar-refractivity contribution in [2.45, 2.75) is 45.2 Å². The fraction of sp³-hybridized carbons (Fsp3) is 0.321. The molecular weight excluding hydrogens is 396 g/mol. The van der Waals surface area contributed by atoms with E-state index >= 15 is 0 Å². The largest absolute Gasteiger partial charge is 0.508 e. The molecular formula is C28H32N2O2. The molecule has 0 saturated carbocycles. The normalized spacial score (nSPS) is 15.8. The lowest BCUT2D eigenvalue weighted by atomic mass is 9.92. The SMILES string of the molecule is CC1c2cc(O)ccc2CCN1Cc1ccccc1C(=O)NCCCCc1ccccc1. The van der Waals surface area contributed by atoms with E-state index in [4.69, 9.17) is 0 Å². The summed E-state index contributed by atoms with van der Waals surface area (Å²) in [5.41, 5.74) is 5.62. The number of unbranched alkanes of at least 4 members (excludes halogenated alkanes) is 1. The molecule has 2 N–H and O–H groups in total. The number of nitrogens with zero attached hydrogens (tertiary/aromatic N) is 1. The maximum atomic E-state index is 12.9. The quantitative estimate of drug-likeness (QED) is 0.481. The number of aromatic hydroxyl groups is 1. The van der Waals surface area contributed by atoms with Crippen LogP contribution in [0.15, 0.2) is 72.8 Å². The third-order valence-electron chi connectivity index (χ3n) is 6.45. The number of hydrogen-bond donors (Lipinski definition) is 2. The van der Waals surface area contributed by atoms with E-state index in [2.05, 4.69) is 47.5 Å². The number of benzene rings is 3. The minimum absolute atomic E-state index is 0.00279. The lowest BCUT2D eigenvalue weighted by molar-refractivity contribution is 0.0949. The van der Waals surface area contributed by atoms with Gasteiger partial charge in [-0.2, -0.15) is 0 Å². The Labute approximate surface area is 190 Å². The van der Waals surface area contributed by atoms with Crippen LogP contribution in [0, 0.1) is 0 Å². The molecule has 3 aromatic rings. The number of phenolic OH excluding ortho intramolecular Hbond substituents is 1. The van der Waals surface area contributed by atoms with Crippen molar-refractivity contribution in [3.63, 3.8) is 0 Å². The highest BCUT2D eigenvalue weighted by atomic mass is 16.3. The number of carbonyl (C=O) groups is 1. The molecule has 4 rings (SSSR count). The smallest absolute Gasteiger partial charge is 0.251 e. The standard InChI is InChI=1S/C28H32N2O2/c1-21-27-19-25(31)15-14-23(27)16-18-30(21)20-24-12-5-6-13-26(24)28(32)29-17-8-7-11-22-9-3-2-4-10-22/h2-6,9-10,12-15,19,21,31H,7-8,11,16-18,20H2,1H3,(H,29,32). The Kier molecular flexibility index (Phi) is 7.23. The Hall–Kier alpha value is -3.11. The van der Waals surface area contributed by atoms with Gasteiger partial charge in [0, 0.05) is 31.2 Å². The van der Waals surface area contributed by atoms with E-state index in [9.17, 15) is 9.90 Å². The van der Waals surface area contributed by atoms with Crippen LogP contribution < -0.4 is 5.32 Å². The van der Waals surface area contributed by atoms with Gasteiger partial charge in [-0.25, -0.2) is 0 Å². The Bertz CT molecular complexity index is 1050. The van der Waals surface area contributed by atoms with Crippen molar-refractivity contribution in [2.24, 2.45) is 0 Å². The maximum absolute atomic E-state index is 12.9. The summed E-state index contributed by atoms with van der Waals surface area (Å²) >= 11 is 0. The molecule has 4 heteroatoms. The number of aryl methyl sites for hydroxylation is 1. The molecule has 1 aliphatic heterocycles. The van der Waals surface area contributed by atoms with E-state index in [1.54, 1.807) is 6.07 Å². The van der Waals surface area contributed by atoms with Crippen LogP contribution in [0.25, 0.3) is 0 Å². The van der Waals surface area contributed by atoms with Crippen LogP contribution in [0.3, 0.4) is 0 Å². The van der Waals surface area contributed by atoms with E-state index in [1.165, 1.54) is 16.7 Å². The van der Waals surface area contributed by atoms with Gasteiger partial charge in [-0.15, -0.1) is 0 Å². The average molecular weight is 429 g/mol. The Morgan fingerprint density at radius 3 is 2.66 bits per heavy atom. The summed E-state index contributed by atoms with van der Waals surface area (Å²) in [7, 11) is 0. The third kappa shape index (κ3) is 5.38. The number of fused-ring (bicyclic) bond motifs is 1. The van der Waals surface area contributed by atoms with Crippen molar-refractivity contribution in [1.29, 1.82) is 0 Å². The predicted molar refractivity (Wildman–Crippen MR) is 129 cm³/mol. The Morgan fingerprint density at radius 2 is 1.81 bits per heavy atom. The Morgan fingerprint density at radius 1 is 1.03 bits per heavy atom. The van der Waals surface area contributed by atoms with Gasteiger partial charge in [0.05, 0.1) is 0 Å². The molecule has 0 bridgehead atoms. The lowest BCUT2D eigenvalue weighted by Gasteiger charge is -2.35. The minimum atomic E-state index is 0.00279. The Balaban J connectivity index is 1.34. The van der Waals surface area contributed by atoms with Crippen molar-refractivity contribution in [2.75, 3.05) is 13.1 Å². The molecule has 1 atom stereocenters. The molecule has 1 unspecified atom stereocenters. The van der Waals surface area contributed by atoms with Gasteiger partial charge in [0.2, 0.25) is 0 Å². The number of nitrogens with one attached hydrogen (secondary N) is 1. The first-order valence-corrected chi connectivity index (χ1v) is 11.6. The molecule has 0 spiro atoms. The van der Waals surface area contributed by atoms with Crippen LogP contribution in [0.4, 0.5) is 0 Å². The van der Waals surface area contributed by atoms with Crippen molar-refractivity contribution in [3.8, 4) is 5.75 Å². The van der Waals surface area contributed by atoms with Gasteiger partial charge >= 0.3 is 0 Å². The molecule has 4 nitrogen and oxygen atoms in total. The lowest BCUT2D eigenvalue weighted by Crippen LogP contribution is -2.34. The fourth-order valence-electron chi connectivity index (χ4n) is 4.56. The van der Waals surface area contributed by atoms with E-state index in [1.807, 2.05) is 36.4 Å². The molecule has 32 heavy (non-hydrogen) atoms. The average Bonchev–Trinajstić information content (AvgIpc) is 2.82. The molecule has 0 radical (unpaired) electrons. The minimum Gasteiger partial charge on any atom is -0.508 e. The molecule has 166 valence electrons. The van der Waals surface area contributed by atoms with E-state index in [0.29, 0.717) is 18.8 Å². The highest BCUT2D eigenvalue weighted by molar-refractivity contribution is 5.95. The zero-order valence-corrected chi connectivity index (χ0v) is 18.8. The first-order chi connectivity index (χ1) is 15.6. The molecule has 0 saturated heterocycles. The van der Waals surface area contributed by atoms with Crippen LogP contribution in [0.1, 0.15) is 58.4 Å². The summed E-state index contributed by atoms with van der Waals surface area (Å²) in [6, 6.07) is 24.2. The van der Waals surface area contributed by atoms with E-state index < -0.39 is 0 Å². The number of rotatable bonds is 8. The number of carbonyl (C=O) groups excluding carboxylic acids is 1. The predicted octanol–water partition coefficient (Wildman–Crippen LogP) is 5.26. The fourth-order valence-corrected chi connectivity index (χ4v) is 4.56.